The predicted molar refractivity (Wildman–Crippen MR) is 303 cm³/mol. The Morgan fingerprint density at radius 3 is 2.18 bits per heavy atom. The van der Waals surface area contributed by atoms with E-state index in [-0.39, 0.29) is 93.0 Å². The normalized spacial score (nSPS) is 13.7. The average molecular weight is 1150 g/mol. The van der Waals surface area contributed by atoms with Crippen molar-refractivity contribution in [3.8, 4) is 11.3 Å². The molecule has 83 heavy (non-hydrogen) atoms. The lowest BCUT2D eigenvalue weighted by Crippen LogP contribution is -2.54. The van der Waals surface area contributed by atoms with E-state index in [9.17, 15) is 47.1 Å². The molecule has 5 aromatic rings. The van der Waals surface area contributed by atoms with Gasteiger partial charge in [0.05, 0.1) is 23.3 Å². The second kappa shape index (κ2) is 30.2. The molecule has 0 radical (unpaired) electrons. The highest BCUT2D eigenvalue weighted by Crippen LogP contribution is 2.40. The molecule has 9 amide bonds. The number of aromatic nitrogens is 3. The second-order valence-electron chi connectivity index (χ2n) is 21.5. The van der Waals surface area contributed by atoms with Gasteiger partial charge in [0.1, 0.15) is 42.8 Å². The van der Waals surface area contributed by atoms with Crippen LogP contribution >= 0.6 is 0 Å². The Morgan fingerprint density at radius 1 is 0.807 bits per heavy atom. The number of unbranched alkanes of at least 4 members (excludes halogenated alkanes) is 2. The average Bonchev–Trinajstić information content (AvgIpc) is 3.80. The number of primary amides is 1. The number of urea groups is 1. The molecule has 23 heteroatoms. The minimum Gasteiger partial charge on any atom is -0.445 e. The predicted octanol–water partition coefficient (Wildman–Crippen LogP) is 7.65. The molecule has 6 rings (SSSR count). The molecule has 442 valence electrons. The SMILES string of the molecule is CC(C)[C@H](NC(=O)CCCCCN1C(=O)C=CC1=O)C(=O)N[C@@H](CCCNC(N)=O)C(=O)Nc1ccc(COC(=O)N[C@@H](CF)CCN(C(=O)c2cccnc2)[C@@H](c2nc(-c3cc(F)ccc3F)cn2Cc2ccccc2)C(C)(C)C)cc1. The smallest absolute Gasteiger partial charge is 0.407 e. The number of carbonyl (C=O) groups is 8. The maximum absolute atomic E-state index is 15.3. The summed E-state index contributed by atoms with van der Waals surface area (Å²) >= 11 is 0. The number of benzene rings is 3. The van der Waals surface area contributed by atoms with Crippen LogP contribution < -0.4 is 32.3 Å². The molecule has 0 saturated carbocycles. The summed E-state index contributed by atoms with van der Waals surface area (Å²) in [6.45, 7) is 8.35. The van der Waals surface area contributed by atoms with E-state index in [0.717, 1.165) is 28.7 Å². The Bertz CT molecular complexity index is 3060. The molecule has 1 aliphatic heterocycles. The number of nitrogens with one attached hydrogen (secondary N) is 5. The van der Waals surface area contributed by atoms with Crippen molar-refractivity contribution in [3.05, 3.63) is 150 Å². The van der Waals surface area contributed by atoms with Crippen LogP contribution in [0.1, 0.15) is 113 Å². The lowest BCUT2D eigenvalue weighted by molar-refractivity contribution is -0.137. The molecular formula is C60H72F3N11O9. The first-order chi connectivity index (χ1) is 39.6. The van der Waals surface area contributed by atoms with Gasteiger partial charge in [-0.05, 0) is 97.0 Å². The number of hydrogen-bond acceptors (Lipinski definition) is 11. The fourth-order valence-electron chi connectivity index (χ4n) is 9.34. The number of alkyl carbamates (subject to hydrolysis) is 1. The number of nitrogens with zero attached hydrogens (tertiary/aromatic N) is 5. The Kier molecular flexibility index (Phi) is 23.1. The summed E-state index contributed by atoms with van der Waals surface area (Å²) in [5.41, 5.74) is 6.39. The largest absolute Gasteiger partial charge is 0.445 e. The number of pyridine rings is 1. The van der Waals surface area contributed by atoms with E-state index >= 15 is 4.39 Å². The van der Waals surface area contributed by atoms with Gasteiger partial charge in [-0.15, -0.1) is 0 Å². The zero-order valence-corrected chi connectivity index (χ0v) is 47.2. The van der Waals surface area contributed by atoms with Crippen LogP contribution in [-0.2, 0) is 41.9 Å². The number of ether oxygens (including phenoxy) is 1. The van der Waals surface area contributed by atoms with Crippen LogP contribution in [-0.4, -0.2) is 116 Å². The summed E-state index contributed by atoms with van der Waals surface area (Å²) in [7, 11) is 0. The standard InChI is InChI=1S/C60H72F3N11O9/c1-38(2)52(71-49(75)18-10-7-11-30-73-50(76)25-26-51(73)77)56(79)70-47(17-13-29-66-58(64)81)55(78)67-43-22-19-40(20-23-43)37-83-59(82)68-44(33-61)27-31-74(57(80)41-16-12-28-65-34-41)53(60(3,4)5)54-69-48(45-32-42(62)21-24-46(45)63)36-72(54)35-39-14-8-6-9-15-39/h6,8-9,12,14-16,19-26,28,32,34,36,38,44,47,52-53H,7,10-11,13,17-18,27,29-31,33,35,37H2,1-5H3,(H,67,78)(H,68,82)(H,70,79)(H,71,75)(H3,64,66,81)/t44-,47+,52+,53+/m1/s1. The summed E-state index contributed by atoms with van der Waals surface area (Å²) < 4.78 is 52.1. The Balaban J connectivity index is 1.08. The Hall–Kier alpha value is -8.89. The van der Waals surface area contributed by atoms with E-state index in [0.29, 0.717) is 36.3 Å². The van der Waals surface area contributed by atoms with Crippen LogP contribution in [0.5, 0.6) is 0 Å². The topological polar surface area (TPSA) is 269 Å². The minimum atomic E-state index is -1.14. The van der Waals surface area contributed by atoms with E-state index < -0.39 is 83.6 Å². The number of anilines is 1. The maximum atomic E-state index is 15.3. The quantitative estimate of drug-likeness (QED) is 0.0200. The van der Waals surface area contributed by atoms with Gasteiger partial charge in [0.2, 0.25) is 17.7 Å². The molecule has 0 aliphatic carbocycles. The lowest BCUT2D eigenvalue weighted by Gasteiger charge is -2.40. The highest BCUT2D eigenvalue weighted by atomic mass is 19.1. The Labute approximate surface area is 480 Å². The first kappa shape index (κ1) is 63.3. The number of imidazole rings is 1. The van der Waals surface area contributed by atoms with Gasteiger partial charge in [-0.2, -0.15) is 0 Å². The molecular weight excluding hydrogens is 1080 g/mol. The summed E-state index contributed by atoms with van der Waals surface area (Å²) in [6, 6.07) is 17.0. The molecule has 2 aromatic heterocycles. The highest BCUT2D eigenvalue weighted by Gasteiger charge is 2.39. The summed E-state index contributed by atoms with van der Waals surface area (Å²) in [5, 5.41) is 13.3. The number of alkyl halides is 1. The van der Waals surface area contributed by atoms with Crippen molar-refractivity contribution in [2.45, 2.75) is 117 Å². The van der Waals surface area contributed by atoms with E-state index in [4.69, 9.17) is 15.5 Å². The van der Waals surface area contributed by atoms with Crippen molar-refractivity contribution < 1.29 is 56.3 Å². The van der Waals surface area contributed by atoms with Crippen molar-refractivity contribution in [2.24, 2.45) is 17.1 Å². The first-order valence-corrected chi connectivity index (χ1v) is 27.4. The number of hydrogen-bond donors (Lipinski definition) is 6. The van der Waals surface area contributed by atoms with Gasteiger partial charge in [-0.25, -0.2) is 27.7 Å². The highest BCUT2D eigenvalue weighted by molar-refractivity contribution is 6.12. The van der Waals surface area contributed by atoms with Gasteiger partial charge >= 0.3 is 12.1 Å². The van der Waals surface area contributed by atoms with Gasteiger partial charge in [0.15, 0.2) is 0 Å². The van der Waals surface area contributed by atoms with Crippen LogP contribution in [0, 0.1) is 23.0 Å². The molecule has 0 bridgehead atoms. The lowest BCUT2D eigenvalue weighted by atomic mass is 9.84. The van der Waals surface area contributed by atoms with Crippen molar-refractivity contribution >= 4 is 53.3 Å². The number of amides is 9. The molecule has 0 unspecified atom stereocenters. The minimum absolute atomic E-state index is 0.0758. The number of halogens is 3. The van der Waals surface area contributed by atoms with Crippen molar-refractivity contribution in [2.75, 3.05) is 31.6 Å². The van der Waals surface area contributed by atoms with Gasteiger partial charge < -0.3 is 46.5 Å². The van der Waals surface area contributed by atoms with Crippen LogP contribution in [0.15, 0.2) is 116 Å². The van der Waals surface area contributed by atoms with E-state index in [1.807, 2.05) is 51.1 Å². The number of imide groups is 1. The number of carbonyl (C=O) groups excluding carboxylic acids is 8. The maximum Gasteiger partial charge on any atom is 0.407 e. The van der Waals surface area contributed by atoms with Crippen molar-refractivity contribution in [3.63, 3.8) is 0 Å². The molecule has 0 spiro atoms. The fourth-order valence-corrected chi connectivity index (χ4v) is 9.34. The molecule has 20 nitrogen and oxygen atoms in total. The second-order valence-corrected chi connectivity index (χ2v) is 21.5. The van der Waals surface area contributed by atoms with Crippen molar-refractivity contribution in [1.82, 2.24) is 45.6 Å². The molecule has 0 fully saturated rings. The van der Waals surface area contributed by atoms with Gasteiger partial charge in [-0.1, -0.05) is 83.5 Å². The Morgan fingerprint density at radius 2 is 1.53 bits per heavy atom. The van der Waals surface area contributed by atoms with Gasteiger partial charge in [0.25, 0.3) is 17.7 Å². The summed E-state index contributed by atoms with van der Waals surface area (Å²) in [4.78, 5) is 115. The third kappa shape index (κ3) is 18.8. The van der Waals surface area contributed by atoms with Gasteiger partial charge in [-0.3, -0.25) is 38.7 Å². The zero-order chi connectivity index (χ0) is 60.2. The van der Waals surface area contributed by atoms with Gasteiger partial charge in [0, 0.05) is 74.6 Å². The van der Waals surface area contributed by atoms with E-state index in [1.165, 1.54) is 29.4 Å². The van der Waals surface area contributed by atoms with Crippen LogP contribution in [0.2, 0.25) is 0 Å². The summed E-state index contributed by atoms with van der Waals surface area (Å²) in [5.74, 6) is -4.23. The third-order valence-electron chi connectivity index (χ3n) is 13.6. The molecule has 7 N–H and O–H groups in total. The van der Waals surface area contributed by atoms with Crippen molar-refractivity contribution in [1.29, 1.82) is 0 Å². The van der Waals surface area contributed by atoms with Crippen LogP contribution in [0.4, 0.5) is 28.4 Å². The molecule has 1 aliphatic rings. The monoisotopic (exact) mass is 1150 g/mol. The zero-order valence-electron chi connectivity index (χ0n) is 47.2. The van der Waals surface area contributed by atoms with Crippen LogP contribution in [0.25, 0.3) is 11.3 Å². The molecule has 3 heterocycles. The van der Waals surface area contributed by atoms with Crippen LogP contribution in [0.3, 0.4) is 0 Å². The van der Waals surface area contributed by atoms with E-state index in [2.05, 4.69) is 31.6 Å². The first-order valence-electron chi connectivity index (χ1n) is 27.4. The summed E-state index contributed by atoms with van der Waals surface area (Å²) in [6.07, 6.45) is 7.81. The fraction of sp³-hybridized carbons (Fsp3) is 0.400. The third-order valence-corrected chi connectivity index (χ3v) is 13.6. The number of rotatable bonds is 29. The molecule has 3 aromatic carbocycles. The molecule has 4 atom stereocenters. The van der Waals surface area contributed by atoms with E-state index in [1.54, 1.807) is 61.0 Å². The number of nitrogens with two attached hydrogens (primary N) is 1. The molecule has 0 saturated heterocycles.